The van der Waals surface area contributed by atoms with Gasteiger partial charge in [0.05, 0.1) is 11.9 Å². The van der Waals surface area contributed by atoms with E-state index in [1.165, 1.54) is 33.1 Å². The number of aryl methyl sites for hydroxylation is 2. The molecule has 3 aromatic rings. The number of piperazine rings is 1. The number of carbonyl (C=O) groups excluding carboxylic acids is 1. The van der Waals surface area contributed by atoms with E-state index in [1.807, 2.05) is 0 Å². The summed E-state index contributed by atoms with van der Waals surface area (Å²) in [5.41, 5.74) is 0.212. The second-order valence-corrected chi connectivity index (χ2v) is 9.88. The molecule has 1 amide bonds. The zero-order valence-corrected chi connectivity index (χ0v) is 19.0. The van der Waals surface area contributed by atoms with Crippen LogP contribution in [0.3, 0.4) is 0 Å². The predicted molar refractivity (Wildman–Crippen MR) is 110 cm³/mol. The molecule has 1 aliphatic rings. The van der Waals surface area contributed by atoms with E-state index in [0.29, 0.717) is 11.4 Å². The lowest BCUT2D eigenvalue weighted by molar-refractivity contribution is 0.0688. The molecule has 0 bridgehead atoms. The largest absolute Gasteiger partial charge is 0.364 e. The van der Waals surface area contributed by atoms with E-state index < -0.39 is 27.0 Å². The molecule has 1 aliphatic heterocycles. The minimum atomic E-state index is -3.75. The zero-order valence-electron chi connectivity index (χ0n) is 17.5. The van der Waals surface area contributed by atoms with Gasteiger partial charge in [-0.25, -0.2) is 17.9 Å². The molecule has 1 saturated heterocycles. The molecular weight excluding hydrogens is 468 g/mol. The molecule has 0 saturated carbocycles. The van der Waals surface area contributed by atoms with E-state index in [2.05, 4.69) is 15.2 Å². The zero-order chi connectivity index (χ0) is 23.4. The number of hydrogen-bond donors (Lipinski definition) is 0. The summed E-state index contributed by atoms with van der Waals surface area (Å²) in [6.07, 6.45) is 1.30. The van der Waals surface area contributed by atoms with Crippen LogP contribution in [0.4, 0.5) is 8.78 Å². The van der Waals surface area contributed by atoms with Crippen LogP contribution in [0.15, 0.2) is 23.2 Å². The van der Waals surface area contributed by atoms with Crippen molar-refractivity contribution in [3.63, 3.8) is 0 Å². The highest BCUT2D eigenvalue weighted by Crippen LogP contribution is 2.32. The number of alkyl halides is 3. The highest BCUT2D eigenvalue weighted by Gasteiger charge is 2.35. The van der Waals surface area contributed by atoms with Crippen molar-refractivity contribution in [1.82, 2.24) is 33.6 Å². The topological polar surface area (TPSA) is 106 Å². The van der Waals surface area contributed by atoms with E-state index in [9.17, 15) is 22.0 Å². The number of hydrogen-bond acceptors (Lipinski definition) is 6. The van der Waals surface area contributed by atoms with Gasteiger partial charge in [0.15, 0.2) is 11.3 Å². The van der Waals surface area contributed by atoms with Gasteiger partial charge in [-0.15, -0.1) is 0 Å². The maximum Gasteiger partial charge on any atom is 0.364 e. The third kappa shape index (κ3) is 3.84. The first kappa shape index (κ1) is 22.6. The fourth-order valence-electron chi connectivity index (χ4n) is 3.57. The number of sulfonamides is 1. The van der Waals surface area contributed by atoms with Crippen molar-refractivity contribution >= 4 is 33.2 Å². The van der Waals surface area contributed by atoms with Gasteiger partial charge < -0.3 is 4.90 Å². The quantitative estimate of drug-likeness (QED) is 0.516. The average Bonchev–Trinajstić information content (AvgIpc) is 3.29. The minimum Gasteiger partial charge on any atom is -0.335 e. The summed E-state index contributed by atoms with van der Waals surface area (Å²) in [7, 11) is -2.09. The first-order valence-corrected chi connectivity index (χ1v) is 11.4. The molecule has 0 radical (unpaired) electrons. The Morgan fingerprint density at radius 1 is 1.16 bits per heavy atom. The van der Waals surface area contributed by atoms with Crippen LogP contribution < -0.4 is 0 Å². The average molecular weight is 488 g/mol. The van der Waals surface area contributed by atoms with Gasteiger partial charge in [0.1, 0.15) is 10.6 Å². The van der Waals surface area contributed by atoms with Crippen molar-refractivity contribution in [2.24, 2.45) is 7.05 Å². The van der Waals surface area contributed by atoms with E-state index >= 15 is 0 Å². The maximum atomic E-state index is 13.8. The van der Waals surface area contributed by atoms with Crippen LogP contribution in [0.25, 0.3) is 5.65 Å². The van der Waals surface area contributed by atoms with Crippen LogP contribution in [0, 0.1) is 13.8 Å². The Balaban J connectivity index is 1.54. The lowest BCUT2D eigenvalue weighted by Crippen LogP contribution is -2.50. The summed E-state index contributed by atoms with van der Waals surface area (Å²) >= 11 is 5.18. The lowest BCUT2D eigenvalue weighted by atomic mass is 10.3. The van der Waals surface area contributed by atoms with Crippen molar-refractivity contribution in [3.8, 4) is 0 Å². The van der Waals surface area contributed by atoms with Crippen molar-refractivity contribution in [2.75, 3.05) is 26.2 Å². The van der Waals surface area contributed by atoms with E-state index in [0.717, 1.165) is 10.6 Å². The fourth-order valence-corrected chi connectivity index (χ4v) is 5.31. The molecule has 3 aromatic heterocycles. The first-order valence-electron chi connectivity index (χ1n) is 9.62. The van der Waals surface area contributed by atoms with Crippen molar-refractivity contribution in [1.29, 1.82) is 0 Å². The third-order valence-electron chi connectivity index (χ3n) is 5.40. The Morgan fingerprint density at radius 3 is 2.38 bits per heavy atom. The summed E-state index contributed by atoms with van der Waals surface area (Å²) in [6, 6.07) is 2.41. The number of nitrogens with zero attached hydrogens (tertiary/aromatic N) is 7. The van der Waals surface area contributed by atoms with Crippen LogP contribution >= 0.6 is 11.6 Å². The number of amides is 1. The molecule has 32 heavy (non-hydrogen) atoms. The molecule has 0 unspecified atom stereocenters. The van der Waals surface area contributed by atoms with Crippen molar-refractivity contribution in [3.05, 3.63) is 41.1 Å². The van der Waals surface area contributed by atoms with Crippen LogP contribution in [0.5, 0.6) is 0 Å². The van der Waals surface area contributed by atoms with Crippen LogP contribution in [0.2, 0.25) is 0 Å². The first-order chi connectivity index (χ1) is 14.9. The molecule has 0 spiro atoms. The van der Waals surface area contributed by atoms with Gasteiger partial charge in [0, 0.05) is 45.0 Å². The van der Waals surface area contributed by atoms with Gasteiger partial charge in [0.25, 0.3) is 5.91 Å². The fraction of sp³-hybridized carbons (Fsp3) is 0.444. The van der Waals surface area contributed by atoms with Gasteiger partial charge in [-0.2, -0.15) is 23.3 Å². The summed E-state index contributed by atoms with van der Waals surface area (Å²) in [4.78, 5) is 18.6. The standard InChI is InChI=1S/C18H20ClF2N7O3S/c1-11-8-15(18(19,20)21)28-16(23-11)9-13(24-28)17(29)26-4-6-27(7-5-26)32(30,31)14-10-22-25(3)12(14)2/h8-10H,4-7H2,1-3H3. The molecule has 14 heteroatoms. The summed E-state index contributed by atoms with van der Waals surface area (Å²) in [5, 5.41) is 4.27. The van der Waals surface area contributed by atoms with Crippen molar-refractivity contribution < 1.29 is 22.0 Å². The van der Waals surface area contributed by atoms with E-state index in [1.54, 1.807) is 14.0 Å². The molecular formula is C18H20ClF2N7O3S. The third-order valence-corrected chi connectivity index (χ3v) is 7.59. The van der Waals surface area contributed by atoms with Crippen LogP contribution in [-0.4, -0.2) is 74.1 Å². The van der Waals surface area contributed by atoms with Gasteiger partial charge in [-0.3, -0.25) is 9.48 Å². The molecule has 0 N–H and O–H groups in total. The second-order valence-electron chi connectivity index (χ2n) is 7.49. The van der Waals surface area contributed by atoms with E-state index in [4.69, 9.17) is 11.6 Å². The normalized spacial score (nSPS) is 16.1. The number of halogens is 3. The SMILES string of the molecule is Cc1cc(C(F)(F)Cl)n2nc(C(=O)N3CCN(S(=O)(=O)c4cnn(C)c4C)CC3)cc2n1. The molecule has 0 aliphatic carbocycles. The smallest absolute Gasteiger partial charge is 0.335 e. The molecule has 0 atom stereocenters. The molecule has 172 valence electrons. The molecule has 1 fully saturated rings. The highest BCUT2D eigenvalue weighted by atomic mass is 35.5. The van der Waals surface area contributed by atoms with Crippen LogP contribution in [0.1, 0.15) is 27.6 Å². The summed E-state index contributed by atoms with van der Waals surface area (Å²) in [6.45, 7) is 3.60. The Labute approximate surface area is 187 Å². The number of carbonyl (C=O) groups is 1. The Bertz CT molecular complexity index is 1310. The minimum absolute atomic E-state index is 0.0666. The maximum absolute atomic E-state index is 13.8. The molecule has 4 heterocycles. The number of rotatable bonds is 4. The van der Waals surface area contributed by atoms with E-state index in [-0.39, 0.29) is 42.4 Å². The highest BCUT2D eigenvalue weighted by molar-refractivity contribution is 7.89. The molecule has 4 rings (SSSR count). The Hall–Kier alpha value is -2.64. The Kier molecular flexibility index (Phi) is 5.46. The Morgan fingerprint density at radius 2 is 1.81 bits per heavy atom. The monoisotopic (exact) mass is 487 g/mol. The van der Waals surface area contributed by atoms with Gasteiger partial charge in [-0.05, 0) is 31.5 Å². The van der Waals surface area contributed by atoms with Crippen LogP contribution in [-0.2, 0) is 22.5 Å². The van der Waals surface area contributed by atoms with Gasteiger partial charge in [0.2, 0.25) is 10.0 Å². The van der Waals surface area contributed by atoms with Gasteiger partial charge >= 0.3 is 5.38 Å². The predicted octanol–water partition coefficient (Wildman–Crippen LogP) is 1.51. The lowest BCUT2D eigenvalue weighted by Gasteiger charge is -2.33. The molecule has 0 aromatic carbocycles. The summed E-state index contributed by atoms with van der Waals surface area (Å²) in [5.74, 6) is -0.508. The number of fused-ring (bicyclic) bond motifs is 1. The number of aromatic nitrogens is 5. The second kappa shape index (κ2) is 7.74. The molecule has 10 nitrogen and oxygen atoms in total. The van der Waals surface area contributed by atoms with Crippen molar-refractivity contribution in [2.45, 2.75) is 24.1 Å². The summed E-state index contributed by atoms with van der Waals surface area (Å²) < 4.78 is 57.0. The van der Waals surface area contributed by atoms with Gasteiger partial charge in [-0.1, -0.05) is 0 Å².